The first-order valence-electron chi connectivity index (χ1n) is 6.50. The number of aromatic nitrogens is 2. The highest BCUT2D eigenvalue weighted by atomic mass is 16.5. The number of rotatable bonds is 5. The lowest BCUT2D eigenvalue weighted by Crippen LogP contribution is -2.21. The van der Waals surface area contributed by atoms with E-state index in [2.05, 4.69) is 22.5 Å². The van der Waals surface area contributed by atoms with E-state index in [4.69, 9.17) is 9.47 Å². The molecule has 0 aliphatic heterocycles. The maximum Gasteiger partial charge on any atom is 0.161 e. The number of hydrogen-bond donors (Lipinski definition) is 1. The maximum absolute atomic E-state index is 5.40. The highest BCUT2D eigenvalue weighted by molar-refractivity contribution is 5.42. The van der Waals surface area contributed by atoms with E-state index in [0.717, 1.165) is 28.3 Å². The van der Waals surface area contributed by atoms with Crippen molar-refractivity contribution in [3.8, 4) is 11.5 Å². The van der Waals surface area contributed by atoms with Gasteiger partial charge in [0.15, 0.2) is 5.75 Å². The summed E-state index contributed by atoms with van der Waals surface area (Å²) >= 11 is 0. The number of benzene rings is 1. The van der Waals surface area contributed by atoms with Gasteiger partial charge in [0.05, 0.1) is 26.5 Å². The average molecular weight is 275 g/mol. The highest BCUT2D eigenvalue weighted by Gasteiger charge is 2.21. The summed E-state index contributed by atoms with van der Waals surface area (Å²) in [5.41, 5.74) is 3.25. The first-order valence-corrected chi connectivity index (χ1v) is 6.50. The molecule has 1 heterocycles. The number of hydrogen-bond acceptors (Lipinski definition) is 4. The molecule has 20 heavy (non-hydrogen) atoms. The van der Waals surface area contributed by atoms with E-state index in [1.54, 1.807) is 20.4 Å². The molecule has 0 spiro atoms. The number of ether oxygens (including phenoxy) is 2. The first kappa shape index (κ1) is 14.4. The van der Waals surface area contributed by atoms with Gasteiger partial charge >= 0.3 is 0 Å². The van der Waals surface area contributed by atoms with Crippen molar-refractivity contribution in [1.82, 2.24) is 15.1 Å². The fourth-order valence-corrected chi connectivity index (χ4v) is 2.46. The normalized spacial score (nSPS) is 12.2. The van der Waals surface area contributed by atoms with Gasteiger partial charge in [0.1, 0.15) is 11.4 Å². The van der Waals surface area contributed by atoms with Crippen molar-refractivity contribution in [2.75, 3.05) is 21.3 Å². The lowest BCUT2D eigenvalue weighted by Gasteiger charge is -2.19. The van der Waals surface area contributed by atoms with Crippen LogP contribution in [-0.2, 0) is 7.05 Å². The van der Waals surface area contributed by atoms with Crippen molar-refractivity contribution in [2.24, 2.45) is 7.05 Å². The minimum atomic E-state index is 0.0158. The molecule has 0 radical (unpaired) electrons. The van der Waals surface area contributed by atoms with E-state index in [-0.39, 0.29) is 6.04 Å². The third-order valence-electron chi connectivity index (χ3n) is 3.48. The van der Waals surface area contributed by atoms with Crippen molar-refractivity contribution >= 4 is 0 Å². The average Bonchev–Trinajstić information content (AvgIpc) is 2.81. The summed E-state index contributed by atoms with van der Waals surface area (Å²) in [5, 5.41) is 7.58. The zero-order valence-electron chi connectivity index (χ0n) is 12.6. The van der Waals surface area contributed by atoms with Crippen molar-refractivity contribution < 1.29 is 9.47 Å². The third kappa shape index (κ3) is 2.49. The monoisotopic (exact) mass is 275 g/mol. The molecule has 0 saturated heterocycles. The van der Waals surface area contributed by atoms with Crippen molar-refractivity contribution in [3.05, 3.63) is 41.2 Å². The largest absolute Gasteiger partial charge is 0.496 e. The Morgan fingerprint density at radius 3 is 2.45 bits per heavy atom. The van der Waals surface area contributed by atoms with Crippen LogP contribution in [0, 0.1) is 6.92 Å². The molecule has 0 aliphatic carbocycles. The van der Waals surface area contributed by atoms with Crippen molar-refractivity contribution in [2.45, 2.75) is 13.0 Å². The van der Waals surface area contributed by atoms with Crippen LogP contribution >= 0.6 is 0 Å². The van der Waals surface area contributed by atoms with Crippen molar-refractivity contribution in [1.29, 1.82) is 0 Å². The van der Waals surface area contributed by atoms with E-state index in [9.17, 15) is 0 Å². The third-order valence-corrected chi connectivity index (χ3v) is 3.48. The molecule has 1 N–H and O–H groups in total. The second kappa shape index (κ2) is 5.96. The van der Waals surface area contributed by atoms with Crippen LogP contribution in [0.4, 0.5) is 0 Å². The fraction of sp³-hybridized carbons (Fsp3) is 0.400. The summed E-state index contributed by atoms with van der Waals surface area (Å²) in [4.78, 5) is 0. The Morgan fingerprint density at radius 1 is 1.20 bits per heavy atom. The Bertz CT molecular complexity index is 593. The quantitative estimate of drug-likeness (QED) is 0.907. The molecular formula is C15H21N3O2. The molecule has 108 valence electrons. The summed E-state index contributed by atoms with van der Waals surface area (Å²) in [6.07, 6.45) is 1.73. The lowest BCUT2D eigenvalue weighted by atomic mass is 10.0. The summed E-state index contributed by atoms with van der Waals surface area (Å²) in [5.74, 6) is 1.67. The summed E-state index contributed by atoms with van der Waals surface area (Å²) < 4.78 is 12.5. The van der Waals surface area contributed by atoms with Gasteiger partial charge in [0.2, 0.25) is 0 Å². The number of nitrogens with zero attached hydrogens (tertiary/aromatic N) is 2. The lowest BCUT2D eigenvalue weighted by molar-refractivity contribution is 0.402. The number of nitrogens with one attached hydrogen (secondary N) is 1. The first-order chi connectivity index (χ1) is 9.62. The van der Waals surface area contributed by atoms with Crippen LogP contribution in [0.5, 0.6) is 11.5 Å². The van der Waals surface area contributed by atoms with Gasteiger partial charge in [-0.1, -0.05) is 12.1 Å². The highest BCUT2D eigenvalue weighted by Crippen LogP contribution is 2.31. The molecule has 1 aromatic heterocycles. The van der Waals surface area contributed by atoms with Crippen LogP contribution in [0.2, 0.25) is 0 Å². The molecule has 0 amide bonds. The molecular weight excluding hydrogens is 254 g/mol. The van der Waals surface area contributed by atoms with E-state index >= 15 is 0 Å². The smallest absolute Gasteiger partial charge is 0.161 e. The predicted molar refractivity (Wildman–Crippen MR) is 78.4 cm³/mol. The fourth-order valence-electron chi connectivity index (χ4n) is 2.46. The number of methoxy groups -OCH3 is 2. The SMILES string of the molecule is CNC(c1ccc(OC)c(C)c1)c1c(OC)cnn1C. The van der Waals surface area contributed by atoms with Crippen LogP contribution in [0.3, 0.4) is 0 Å². The molecule has 1 aromatic carbocycles. The Balaban J connectivity index is 2.47. The van der Waals surface area contributed by atoms with Crippen LogP contribution in [-0.4, -0.2) is 31.0 Å². The van der Waals surface area contributed by atoms with Crippen molar-refractivity contribution in [3.63, 3.8) is 0 Å². The van der Waals surface area contributed by atoms with Crippen LogP contribution in [0.1, 0.15) is 22.9 Å². The van der Waals surface area contributed by atoms with E-state index < -0.39 is 0 Å². The Labute approximate surface area is 119 Å². The molecule has 1 unspecified atom stereocenters. The Morgan fingerprint density at radius 2 is 1.90 bits per heavy atom. The van der Waals surface area contributed by atoms with Gasteiger partial charge in [0, 0.05) is 7.05 Å². The zero-order valence-corrected chi connectivity index (χ0v) is 12.6. The summed E-state index contributed by atoms with van der Waals surface area (Å²) in [7, 11) is 7.18. The molecule has 5 nitrogen and oxygen atoms in total. The van der Waals surface area contributed by atoms with Gasteiger partial charge in [-0.2, -0.15) is 5.10 Å². The van der Waals surface area contributed by atoms with Gasteiger partial charge < -0.3 is 14.8 Å². The van der Waals surface area contributed by atoms with Gasteiger partial charge in [0.25, 0.3) is 0 Å². The topological polar surface area (TPSA) is 48.3 Å². The van der Waals surface area contributed by atoms with E-state index in [1.165, 1.54) is 0 Å². The molecule has 0 fully saturated rings. The number of aryl methyl sites for hydroxylation is 2. The molecule has 0 aliphatic rings. The summed E-state index contributed by atoms with van der Waals surface area (Å²) in [6.45, 7) is 2.04. The van der Waals surface area contributed by atoms with E-state index in [1.807, 2.05) is 31.8 Å². The molecule has 2 rings (SSSR count). The van der Waals surface area contributed by atoms with Crippen LogP contribution in [0.15, 0.2) is 24.4 Å². The van der Waals surface area contributed by atoms with Gasteiger partial charge in [-0.05, 0) is 31.2 Å². The second-order valence-corrected chi connectivity index (χ2v) is 4.67. The van der Waals surface area contributed by atoms with Gasteiger partial charge in [-0.3, -0.25) is 4.68 Å². The predicted octanol–water partition coefficient (Wildman–Crippen LogP) is 2.05. The minimum Gasteiger partial charge on any atom is -0.496 e. The molecule has 5 heteroatoms. The summed E-state index contributed by atoms with van der Waals surface area (Å²) in [6, 6.07) is 6.17. The zero-order chi connectivity index (χ0) is 14.7. The van der Waals surface area contributed by atoms with Crippen LogP contribution in [0.25, 0.3) is 0 Å². The maximum atomic E-state index is 5.40. The van der Waals surface area contributed by atoms with Gasteiger partial charge in [-0.25, -0.2) is 0 Å². The minimum absolute atomic E-state index is 0.0158. The van der Waals surface area contributed by atoms with Crippen LogP contribution < -0.4 is 14.8 Å². The Hall–Kier alpha value is -2.01. The second-order valence-electron chi connectivity index (χ2n) is 4.67. The van der Waals surface area contributed by atoms with E-state index in [0.29, 0.717) is 0 Å². The molecule has 2 aromatic rings. The standard InChI is InChI=1S/C15H21N3O2/c1-10-8-11(6-7-12(10)19-4)14(16-2)15-13(20-5)9-17-18(15)3/h6-9,14,16H,1-5H3. The van der Waals surface area contributed by atoms with Gasteiger partial charge in [-0.15, -0.1) is 0 Å². The Kier molecular flexibility index (Phi) is 4.29. The molecule has 0 bridgehead atoms. The molecule has 0 saturated carbocycles. The molecule has 1 atom stereocenters.